The highest BCUT2D eigenvalue weighted by molar-refractivity contribution is 7.91. The van der Waals surface area contributed by atoms with Crippen LogP contribution in [0.15, 0.2) is 37.4 Å². The predicted octanol–water partition coefficient (Wildman–Crippen LogP) is 2.16. The largest absolute Gasteiger partial charge is 0.479 e. The Hall–Kier alpha value is -7.08. The zero-order valence-electron chi connectivity index (χ0n) is 47.4. The summed E-state index contributed by atoms with van der Waals surface area (Å²) in [6, 6.07) is 0. The van der Waals surface area contributed by atoms with Crippen LogP contribution in [-0.4, -0.2) is 215 Å². The van der Waals surface area contributed by atoms with Gasteiger partial charge in [-0.15, -0.1) is 20.4 Å². The maximum Gasteiger partial charge on any atom is 0.245 e. The molecule has 6 aromatic heterocycles. The molecule has 84 heavy (non-hydrogen) atoms. The molecule has 0 bridgehead atoms. The third-order valence-corrected chi connectivity index (χ3v) is 17.6. The molecule has 4 aliphatic heterocycles. The Bertz CT molecular complexity index is 3110. The Labute approximate surface area is 482 Å². The fourth-order valence-corrected chi connectivity index (χ4v) is 13.5. The van der Waals surface area contributed by atoms with E-state index in [-0.39, 0.29) is 121 Å². The van der Waals surface area contributed by atoms with Gasteiger partial charge in [-0.1, -0.05) is 0 Å². The Kier molecular flexibility index (Phi) is 20.0. The predicted molar refractivity (Wildman–Crippen MR) is 290 cm³/mol. The van der Waals surface area contributed by atoms with Crippen LogP contribution < -0.4 is 28.7 Å². The van der Waals surface area contributed by atoms with Crippen molar-refractivity contribution in [3.8, 4) is 34.9 Å². The van der Waals surface area contributed by atoms with Crippen LogP contribution in [0.2, 0.25) is 0 Å². The molecule has 6 aromatic rings. The van der Waals surface area contributed by atoms with Crippen LogP contribution in [0.1, 0.15) is 76.0 Å². The van der Waals surface area contributed by atoms with Crippen molar-refractivity contribution in [2.45, 2.75) is 99.2 Å². The average molecular weight is 1220 g/mol. The quantitative estimate of drug-likeness (QED) is 0.106. The van der Waals surface area contributed by atoms with Crippen LogP contribution >= 0.6 is 0 Å². The fourth-order valence-electron chi connectivity index (χ4n) is 10.1. The van der Waals surface area contributed by atoms with E-state index < -0.39 is 77.7 Å². The number of rotatable bonds is 20. The van der Waals surface area contributed by atoms with Gasteiger partial charge in [-0.2, -0.15) is 19.9 Å². The number of methoxy groups -OCH3 is 4. The van der Waals surface area contributed by atoms with Gasteiger partial charge >= 0.3 is 0 Å². The summed E-state index contributed by atoms with van der Waals surface area (Å²) in [4.78, 5) is 36.4. The number of piperidine rings is 2. The summed E-state index contributed by atoms with van der Waals surface area (Å²) < 4.78 is 143. The number of anilines is 2. The lowest BCUT2D eigenvalue weighted by molar-refractivity contribution is -0.0942. The molecule has 0 saturated carbocycles. The van der Waals surface area contributed by atoms with Gasteiger partial charge in [0, 0.05) is 26.2 Å². The fraction of sp³-hybridized carbons (Fsp3) is 0.600. The normalized spacial score (nSPS) is 21.5. The van der Waals surface area contributed by atoms with E-state index in [0.717, 1.165) is 24.8 Å². The van der Waals surface area contributed by atoms with Gasteiger partial charge in [-0.25, -0.2) is 45.6 Å². The minimum atomic E-state index is -3.91. The minimum absolute atomic E-state index is 0.0770. The molecule has 0 amide bonds. The molecule has 0 N–H and O–H groups in total. The second-order valence-corrected chi connectivity index (χ2v) is 24.7. The van der Waals surface area contributed by atoms with Crippen LogP contribution in [0.25, 0.3) is 11.4 Å². The second-order valence-electron chi connectivity index (χ2n) is 20.1. The van der Waals surface area contributed by atoms with Gasteiger partial charge in [-0.3, -0.25) is 9.13 Å². The number of sulfone groups is 2. The summed E-state index contributed by atoms with van der Waals surface area (Å²) in [5.41, 5.74) is 0.459. The molecule has 0 aliphatic carbocycles. The minimum Gasteiger partial charge on any atom is -0.479 e. The number of hydrogen-bond donors (Lipinski definition) is 0. The summed E-state index contributed by atoms with van der Waals surface area (Å²) in [5, 5.41) is 15.4. The van der Waals surface area contributed by atoms with Crippen LogP contribution in [-0.2, 0) is 59.6 Å². The number of nitrogens with zero attached hydrogens (tertiary/aromatic N) is 16. The molecule has 30 nitrogen and oxygen atoms in total. The highest BCUT2D eigenvalue weighted by Gasteiger charge is 2.42. The Morgan fingerprint density at radius 2 is 0.881 bits per heavy atom. The van der Waals surface area contributed by atoms with Crippen LogP contribution in [0.4, 0.5) is 20.7 Å². The summed E-state index contributed by atoms with van der Waals surface area (Å²) in [6.07, 6.45) is 4.75. The van der Waals surface area contributed by atoms with Gasteiger partial charge in [0.05, 0.1) is 128 Å². The van der Waals surface area contributed by atoms with E-state index >= 15 is 0 Å². The maximum atomic E-state index is 14.1. The molecule has 10 rings (SSSR count). The monoisotopic (exact) mass is 1220 g/mol. The molecule has 456 valence electrons. The van der Waals surface area contributed by atoms with Gasteiger partial charge in [0.25, 0.3) is 0 Å². The molecule has 1 unspecified atom stereocenters. The van der Waals surface area contributed by atoms with Crippen molar-refractivity contribution >= 4 is 31.6 Å². The maximum absolute atomic E-state index is 14.1. The topological polar surface area (TPSA) is 332 Å². The van der Waals surface area contributed by atoms with Crippen molar-refractivity contribution in [1.29, 1.82) is 0 Å². The van der Waals surface area contributed by atoms with E-state index in [4.69, 9.17) is 47.4 Å². The Morgan fingerprint density at radius 3 is 1.19 bits per heavy atom. The lowest BCUT2D eigenvalue weighted by Crippen LogP contribution is -2.51. The number of hydrogen-bond acceptors (Lipinski definition) is 28. The van der Waals surface area contributed by atoms with E-state index in [2.05, 4.69) is 60.3 Å². The van der Waals surface area contributed by atoms with Gasteiger partial charge in [-0.05, 0) is 40.5 Å². The summed E-state index contributed by atoms with van der Waals surface area (Å²) in [7, 11) is -2.12. The summed E-state index contributed by atoms with van der Waals surface area (Å²) >= 11 is 0. The van der Waals surface area contributed by atoms with E-state index in [1.165, 1.54) is 50.2 Å². The van der Waals surface area contributed by atoms with Crippen LogP contribution in [0.5, 0.6) is 23.5 Å². The molecule has 10 heterocycles. The van der Waals surface area contributed by atoms with Crippen molar-refractivity contribution in [1.82, 2.24) is 69.4 Å². The molecule has 4 fully saturated rings. The van der Waals surface area contributed by atoms with Gasteiger partial charge in [0.15, 0.2) is 66.0 Å². The standard InChI is InChI=1S/2C25H33FN8O7S/c2*1-15(2)41-17-7-18(11-33(10-17)25-27-8-16(26)9-28-25)42(35,36)13-20-31-32-22(19-12-39-5-6-40-19)34(20)21-23(37-3)29-14-30-24(21)38-4/h2*8-9,14-15,17-19H,5-7,10-13H2,1-4H3/t17-,18?,19+;17-,18+,19-/m11/s1. The van der Waals surface area contributed by atoms with Crippen molar-refractivity contribution in [2.75, 3.05) is 104 Å². The first-order chi connectivity index (χ1) is 40.4. The zero-order chi connectivity index (χ0) is 59.7. The van der Waals surface area contributed by atoms with Gasteiger partial charge in [0.1, 0.15) is 36.4 Å². The molecular weight excluding hydrogens is 1150 g/mol. The first-order valence-corrected chi connectivity index (χ1v) is 30.2. The van der Waals surface area contributed by atoms with Gasteiger partial charge < -0.3 is 57.2 Å². The van der Waals surface area contributed by atoms with Crippen LogP contribution in [0.3, 0.4) is 0 Å². The molecule has 34 heteroatoms. The first-order valence-electron chi connectivity index (χ1n) is 26.7. The number of halogens is 2. The molecule has 0 radical (unpaired) electrons. The highest BCUT2D eigenvalue weighted by Crippen LogP contribution is 2.37. The summed E-state index contributed by atoms with van der Waals surface area (Å²) in [5.74, 6) is -0.490. The highest BCUT2D eigenvalue weighted by atomic mass is 32.2. The summed E-state index contributed by atoms with van der Waals surface area (Å²) in [6.45, 7) is 10.2. The van der Waals surface area contributed by atoms with Gasteiger partial charge in [0.2, 0.25) is 35.4 Å². The van der Waals surface area contributed by atoms with E-state index in [1.54, 1.807) is 9.80 Å². The Balaban J connectivity index is 0.000000202. The third-order valence-electron chi connectivity index (χ3n) is 13.6. The molecule has 4 saturated heterocycles. The SMILES string of the molecule is COc1ncnc(OC)c1-n1c(CS(=O)(=O)C2C[C@@H](OC(C)C)CN(c3ncc(F)cn3)C2)nnc1[C@@H]1COCCO1.COc1ncnc(OC)c1-n1c(CS(=O)(=O)[C@H]2C[C@@H](OC(C)C)CN(c3ncc(F)cn3)C2)nnc1[C@H]1COCCO1. The Morgan fingerprint density at radius 1 is 0.524 bits per heavy atom. The number of aromatic nitrogens is 14. The average Bonchev–Trinajstić information content (AvgIpc) is 3.37. The van der Waals surface area contributed by atoms with Crippen molar-refractivity contribution in [3.63, 3.8) is 0 Å². The molecule has 0 aromatic carbocycles. The molecule has 0 spiro atoms. The second kappa shape index (κ2) is 27.3. The van der Waals surface area contributed by atoms with Crippen molar-refractivity contribution < 1.29 is 73.0 Å². The van der Waals surface area contributed by atoms with Crippen molar-refractivity contribution in [2.24, 2.45) is 0 Å². The first kappa shape index (κ1) is 61.5. The van der Waals surface area contributed by atoms with Crippen molar-refractivity contribution in [3.05, 3.63) is 72.4 Å². The molecular formula is C50H66F2N16O14S2. The van der Waals surface area contributed by atoms with E-state index in [1.807, 2.05) is 27.7 Å². The molecule has 4 aliphatic rings. The molecule has 6 atom stereocenters. The lowest BCUT2D eigenvalue weighted by atomic mass is 10.1. The van der Waals surface area contributed by atoms with Crippen LogP contribution in [0, 0.1) is 11.6 Å². The lowest BCUT2D eigenvalue weighted by Gasteiger charge is -2.38. The smallest absolute Gasteiger partial charge is 0.245 e. The third kappa shape index (κ3) is 14.3. The zero-order valence-corrected chi connectivity index (χ0v) is 49.1. The van der Waals surface area contributed by atoms with E-state index in [0.29, 0.717) is 39.5 Å². The number of ether oxygens (including phenoxy) is 10. The van der Waals surface area contributed by atoms with E-state index in [9.17, 15) is 25.6 Å².